The van der Waals surface area contributed by atoms with Crippen molar-refractivity contribution in [2.75, 3.05) is 5.32 Å². The normalized spacial score (nSPS) is 10.9. The summed E-state index contributed by atoms with van der Waals surface area (Å²) in [5.41, 5.74) is -0.497. The van der Waals surface area contributed by atoms with Gasteiger partial charge in [-0.2, -0.15) is 0 Å². The lowest BCUT2D eigenvalue weighted by molar-refractivity contribution is 0.103. The Balaban J connectivity index is 2.08. The molecule has 1 amide bonds. The average Bonchev–Trinajstić information content (AvgIpc) is 2.98. The zero-order chi connectivity index (χ0) is 16.7. The highest BCUT2D eigenvalue weighted by Gasteiger charge is 2.17. The summed E-state index contributed by atoms with van der Waals surface area (Å²) in [6.07, 6.45) is 1.51. The molecular formula is C14H11ClN4O3S. The Labute approximate surface area is 138 Å². The first kappa shape index (κ1) is 15.4. The Hall–Kier alpha value is -2.45. The van der Waals surface area contributed by atoms with Crippen LogP contribution in [0.4, 0.5) is 5.69 Å². The van der Waals surface area contributed by atoms with Gasteiger partial charge >= 0.3 is 5.69 Å². The summed E-state index contributed by atoms with van der Waals surface area (Å²) in [5, 5.41) is 3.13. The Bertz CT molecular complexity index is 1050. The number of anilines is 1. The number of carbonyl (C=O) groups excluding carboxylic acids is 1. The third-order valence-electron chi connectivity index (χ3n) is 3.36. The highest BCUT2D eigenvalue weighted by atomic mass is 35.5. The van der Waals surface area contributed by atoms with E-state index < -0.39 is 17.2 Å². The quantitative estimate of drug-likeness (QED) is 0.711. The first-order valence-corrected chi connectivity index (χ1v) is 7.71. The fourth-order valence-electron chi connectivity index (χ4n) is 2.14. The monoisotopic (exact) mass is 350 g/mol. The standard InChI is InChI=1S/C14H11ClN4O3S/c1-18-12(21)7-6-9(23-13(7)19(2)14(18)22)11(20)17-8-4-3-5-16-10(8)15/h3-6H,1-2H3,(H,17,20). The van der Waals surface area contributed by atoms with Gasteiger partial charge in [0.15, 0.2) is 5.15 Å². The van der Waals surface area contributed by atoms with Crippen molar-refractivity contribution in [1.29, 1.82) is 0 Å². The van der Waals surface area contributed by atoms with E-state index in [4.69, 9.17) is 11.6 Å². The predicted octanol–water partition coefficient (Wildman–Crippen LogP) is 1.60. The molecule has 0 fully saturated rings. The molecule has 0 unspecified atom stereocenters. The summed E-state index contributed by atoms with van der Waals surface area (Å²) >= 11 is 6.97. The Kier molecular flexibility index (Phi) is 3.78. The van der Waals surface area contributed by atoms with Crippen LogP contribution in [0.5, 0.6) is 0 Å². The van der Waals surface area contributed by atoms with Crippen LogP contribution in [0, 0.1) is 0 Å². The number of carbonyl (C=O) groups is 1. The van der Waals surface area contributed by atoms with Crippen molar-refractivity contribution >= 4 is 44.7 Å². The molecule has 0 atom stereocenters. The van der Waals surface area contributed by atoms with E-state index in [0.717, 1.165) is 15.9 Å². The maximum Gasteiger partial charge on any atom is 0.331 e. The number of nitrogens with zero attached hydrogens (tertiary/aromatic N) is 3. The predicted molar refractivity (Wildman–Crippen MR) is 89.5 cm³/mol. The van der Waals surface area contributed by atoms with Crippen LogP contribution in [-0.2, 0) is 14.1 Å². The molecule has 0 saturated heterocycles. The molecule has 3 aromatic rings. The summed E-state index contributed by atoms with van der Waals surface area (Å²) in [5.74, 6) is -0.421. The lowest BCUT2D eigenvalue weighted by Gasteiger charge is -2.04. The largest absolute Gasteiger partial charge is 0.331 e. The zero-order valence-electron chi connectivity index (χ0n) is 12.2. The van der Waals surface area contributed by atoms with Gasteiger partial charge in [0.05, 0.1) is 16.0 Å². The van der Waals surface area contributed by atoms with Crippen LogP contribution in [0.15, 0.2) is 34.0 Å². The van der Waals surface area contributed by atoms with Crippen LogP contribution in [-0.4, -0.2) is 20.0 Å². The van der Waals surface area contributed by atoms with E-state index in [1.165, 1.54) is 23.9 Å². The van der Waals surface area contributed by atoms with E-state index >= 15 is 0 Å². The molecule has 3 rings (SSSR count). The number of pyridine rings is 1. The minimum absolute atomic E-state index is 0.172. The number of hydrogen-bond donors (Lipinski definition) is 1. The molecule has 0 bridgehead atoms. The number of fused-ring (bicyclic) bond motifs is 1. The highest BCUT2D eigenvalue weighted by molar-refractivity contribution is 7.20. The molecule has 0 aliphatic carbocycles. The van der Waals surface area contributed by atoms with Gasteiger partial charge in [-0.05, 0) is 18.2 Å². The van der Waals surface area contributed by atoms with Crippen molar-refractivity contribution in [3.05, 3.63) is 55.3 Å². The van der Waals surface area contributed by atoms with Crippen molar-refractivity contribution in [2.24, 2.45) is 14.1 Å². The van der Waals surface area contributed by atoms with E-state index in [1.54, 1.807) is 19.2 Å². The van der Waals surface area contributed by atoms with Gasteiger partial charge in [0.1, 0.15) is 4.83 Å². The molecule has 0 aliphatic heterocycles. The summed E-state index contributed by atoms with van der Waals surface area (Å²) in [6, 6.07) is 4.74. The topological polar surface area (TPSA) is 86.0 Å². The third-order valence-corrected chi connectivity index (χ3v) is 4.87. The lowest BCUT2D eigenvalue weighted by atomic mass is 10.3. The molecule has 3 heterocycles. The number of thiophene rings is 1. The van der Waals surface area contributed by atoms with Crippen molar-refractivity contribution in [1.82, 2.24) is 14.1 Å². The average molecular weight is 351 g/mol. The number of amides is 1. The van der Waals surface area contributed by atoms with Crippen LogP contribution in [0.25, 0.3) is 10.2 Å². The molecule has 9 heteroatoms. The van der Waals surface area contributed by atoms with Crippen LogP contribution in [0.3, 0.4) is 0 Å². The van der Waals surface area contributed by atoms with Crippen LogP contribution in [0.1, 0.15) is 9.67 Å². The minimum Gasteiger partial charge on any atom is -0.319 e. The van der Waals surface area contributed by atoms with Gasteiger partial charge in [-0.1, -0.05) is 11.6 Å². The molecule has 0 spiro atoms. The first-order chi connectivity index (χ1) is 10.9. The minimum atomic E-state index is -0.438. The summed E-state index contributed by atoms with van der Waals surface area (Å²) in [7, 11) is 2.96. The second kappa shape index (κ2) is 5.64. The van der Waals surface area contributed by atoms with E-state index in [1.807, 2.05) is 0 Å². The van der Waals surface area contributed by atoms with Gasteiger partial charge < -0.3 is 5.32 Å². The molecule has 0 radical (unpaired) electrons. The van der Waals surface area contributed by atoms with E-state index in [-0.39, 0.29) is 5.15 Å². The molecule has 0 saturated carbocycles. The third kappa shape index (κ3) is 2.55. The zero-order valence-corrected chi connectivity index (χ0v) is 13.7. The number of nitrogens with one attached hydrogen (secondary N) is 1. The maximum absolute atomic E-state index is 12.3. The number of aryl methyl sites for hydroxylation is 1. The Morgan fingerprint density at radius 3 is 2.74 bits per heavy atom. The number of halogens is 1. The summed E-state index contributed by atoms with van der Waals surface area (Å²) < 4.78 is 2.35. The van der Waals surface area contributed by atoms with Gasteiger partial charge in [-0.15, -0.1) is 11.3 Å². The molecule has 0 aromatic carbocycles. The van der Waals surface area contributed by atoms with Gasteiger partial charge in [-0.25, -0.2) is 9.78 Å². The molecule has 0 aliphatic rings. The van der Waals surface area contributed by atoms with Crippen LogP contribution >= 0.6 is 22.9 Å². The lowest BCUT2D eigenvalue weighted by Crippen LogP contribution is -2.36. The number of hydrogen-bond acceptors (Lipinski definition) is 5. The Morgan fingerprint density at radius 1 is 1.30 bits per heavy atom. The first-order valence-electron chi connectivity index (χ1n) is 6.51. The van der Waals surface area contributed by atoms with Gasteiger partial charge in [0.25, 0.3) is 11.5 Å². The number of aromatic nitrogens is 3. The smallest absolute Gasteiger partial charge is 0.319 e. The maximum atomic E-state index is 12.3. The second-order valence-corrected chi connectivity index (χ2v) is 6.22. The fourth-order valence-corrected chi connectivity index (χ4v) is 3.30. The summed E-state index contributed by atoms with van der Waals surface area (Å²) in [6.45, 7) is 0. The van der Waals surface area contributed by atoms with Crippen molar-refractivity contribution in [2.45, 2.75) is 0 Å². The molecule has 118 valence electrons. The van der Waals surface area contributed by atoms with E-state index in [2.05, 4.69) is 10.3 Å². The molecule has 1 N–H and O–H groups in total. The van der Waals surface area contributed by atoms with Crippen molar-refractivity contribution in [3.63, 3.8) is 0 Å². The van der Waals surface area contributed by atoms with Gasteiger partial charge in [0.2, 0.25) is 0 Å². The number of rotatable bonds is 2. The fraction of sp³-hybridized carbons (Fsp3) is 0.143. The molecular weight excluding hydrogens is 340 g/mol. The van der Waals surface area contributed by atoms with Gasteiger partial charge in [0, 0.05) is 20.3 Å². The van der Waals surface area contributed by atoms with Crippen molar-refractivity contribution in [3.8, 4) is 0 Å². The van der Waals surface area contributed by atoms with E-state index in [9.17, 15) is 14.4 Å². The van der Waals surface area contributed by atoms with E-state index in [0.29, 0.717) is 20.8 Å². The molecule has 23 heavy (non-hydrogen) atoms. The highest BCUT2D eigenvalue weighted by Crippen LogP contribution is 2.24. The molecule has 7 nitrogen and oxygen atoms in total. The SMILES string of the molecule is Cn1c(=O)c2cc(C(=O)Nc3cccnc3Cl)sc2n(C)c1=O. The Morgan fingerprint density at radius 2 is 2.04 bits per heavy atom. The second-order valence-electron chi connectivity index (χ2n) is 4.83. The van der Waals surface area contributed by atoms with Crippen LogP contribution < -0.4 is 16.6 Å². The van der Waals surface area contributed by atoms with Gasteiger partial charge in [-0.3, -0.25) is 18.7 Å². The summed E-state index contributed by atoms with van der Waals surface area (Å²) in [4.78, 5) is 41.0. The molecule has 3 aromatic heterocycles. The van der Waals surface area contributed by atoms with Crippen LogP contribution in [0.2, 0.25) is 5.15 Å². The van der Waals surface area contributed by atoms with Crippen molar-refractivity contribution < 1.29 is 4.79 Å².